The molecule has 27 heteroatoms. The predicted molar refractivity (Wildman–Crippen MR) is 477 cm³/mol. The van der Waals surface area contributed by atoms with Crippen molar-refractivity contribution in [3.05, 3.63) is 67.2 Å². The number of thiazole rings is 2. The molecule has 4 aromatic heterocycles. The highest BCUT2D eigenvalue weighted by Crippen LogP contribution is 2.61. The zero-order chi connectivity index (χ0) is 87.7. The summed E-state index contributed by atoms with van der Waals surface area (Å²) in [7, 11) is 4.55. The van der Waals surface area contributed by atoms with Gasteiger partial charge in [-0.05, 0) is 166 Å². The molecule has 23 nitrogen and oxygen atoms in total. The van der Waals surface area contributed by atoms with Crippen LogP contribution in [-0.2, 0) is 70.0 Å². The first-order valence-corrected chi connectivity index (χ1v) is 47.9. The van der Waals surface area contributed by atoms with E-state index in [1.165, 1.54) is 27.1 Å². The summed E-state index contributed by atoms with van der Waals surface area (Å²) < 4.78 is 59.9. The van der Waals surface area contributed by atoms with Gasteiger partial charge in [0.15, 0.2) is 0 Å². The molecule has 6 saturated carbocycles. The zero-order valence-corrected chi connectivity index (χ0v) is 78.3. The number of hydrogen-bond acceptors (Lipinski definition) is 23. The van der Waals surface area contributed by atoms with E-state index >= 15 is 0 Å². The van der Waals surface area contributed by atoms with Crippen LogP contribution in [0.2, 0.25) is 10.0 Å². The van der Waals surface area contributed by atoms with Gasteiger partial charge in [0.2, 0.25) is 11.8 Å². The van der Waals surface area contributed by atoms with Gasteiger partial charge in [0.05, 0.1) is 126 Å². The van der Waals surface area contributed by atoms with Crippen LogP contribution in [0, 0.1) is 80.8 Å². The molecule has 123 heavy (non-hydrogen) atoms. The number of morpholine rings is 1. The summed E-state index contributed by atoms with van der Waals surface area (Å²) in [4.78, 5) is 110. The fourth-order valence-electron chi connectivity index (χ4n) is 20.2. The average Bonchev–Trinajstić information content (AvgIpc) is 1.42. The lowest BCUT2D eigenvalue weighted by atomic mass is 9.77. The van der Waals surface area contributed by atoms with Gasteiger partial charge >= 0.3 is 23.9 Å². The third-order valence-electron chi connectivity index (χ3n) is 27.9. The first kappa shape index (κ1) is 92.2. The van der Waals surface area contributed by atoms with Crippen LogP contribution < -0.4 is 18.9 Å². The van der Waals surface area contributed by atoms with E-state index in [1.807, 2.05) is 105 Å². The number of halogens is 2. The van der Waals surface area contributed by atoms with E-state index in [0.717, 1.165) is 124 Å². The van der Waals surface area contributed by atoms with Crippen LogP contribution in [0.25, 0.3) is 44.6 Å². The van der Waals surface area contributed by atoms with Gasteiger partial charge in [-0.15, -0.1) is 22.7 Å². The van der Waals surface area contributed by atoms with Crippen molar-refractivity contribution in [1.82, 2.24) is 34.6 Å². The molecule has 3 unspecified atom stereocenters. The molecule has 6 aromatic rings. The lowest BCUT2D eigenvalue weighted by Gasteiger charge is -2.35. The maximum Gasteiger partial charge on any atom is 0.312 e. The first-order chi connectivity index (χ1) is 58.7. The van der Waals surface area contributed by atoms with Crippen LogP contribution in [0.3, 0.4) is 0 Å². The Kier molecular flexibility index (Phi) is 29.2. The van der Waals surface area contributed by atoms with Crippen LogP contribution in [-0.4, -0.2) is 193 Å². The number of ether oxygens (including phenoxy) is 10. The second-order valence-corrected chi connectivity index (χ2v) is 42.5. The molecule has 9 fully saturated rings. The Hall–Kier alpha value is -7.00. The van der Waals surface area contributed by atoms with Crippen LogP contribution in [0.1, 0.15) is 216 Å². The first-order valence-electron chi connectivity index (χ1n) is 45.4. The molecule has 0 N–H and O–H groups in total. The van der Waals surface area contributed by atoms with Crippen LogP contribution >= 0.6 is 45.9 Å². The smallest absolute Gasteiger partial charge is 0.312 e. The van der Waals surface area contributed by atoms with Gasteiger partial charge in [-0.1, -0.05) is 119 Å². The third-order valence-corrected chi connectivity index (χ3v) is 30.4. The number of aromatic nitrogens is 4. The molecule has 0 bridgehead atoms. The van der Waals surface area contributed by atoms with Gasteiger partial charge in [-0.2, -0.15) is 0 Å². The summed E-state index contributed by atoms with van der Waals surface area (Å²) in [5, 5.41) is 8.31. The fraction of sp³-hybridized carbons (Fsp3) is 0.688. The largest absolute Gasteiger partial charge is 0.491 e. The van der Waals surface area contributed by atoms with Gasteiger partial charge in [-0.25, -0.2) is 19.9 Å². The van der Waals surface area contributed by atoms with Crippen LogP contribution in [0.5, 0.6) is 23.0 Å². The zero-order valence-electron chi connectivity index (χ0n) is 75.2. The Balaban J connectivity index is 0.000000201. The fourth-order valence-corrected chi connectivity index (χ4v) is 22.8. The Morgan fingerprint density at radius 3 is 1.35 bits per heavy atom. The molecular weight excluding hydrogens is 1640 g/mol. The van der Waals surface area contributed by atoms with E-state index in [1.54, 1.807) is 29.8 Å². The van der Waals surface area contributed by atoms with E-state index in [2.05, 4.69) is 46.4 Å². The van der Waals surface area contributed by atoms with Gasteiger partial charge in [0.25, 0.3) is 0 Å². The lowest BCUT2D eigenvalue weighted by Crippen LogP contribution is -2.45. The molecular formula is C96H131Cl2N7O16S2. The molecule has 7 heterocycles. The van der Waals surface area contributed by atoms with E-state index in [-0.39, 0.29) is 96.9 Å². The number of amides is 2. The van der Waals surface area contributed by atoms with Gasteiger partial charge in [-0.3, -0.25) is 33.7 Å². The number of pyridine rings is 2. The number of methoxy groups -OCH3 is 3. The standard InChI is InChI=1S/C49H67ClN4O8S.C47H64ClN3O8S/c1-8-32-26-49(32,47(57)58-7)12-11-33-23-35(27-54(33)46(56)37(48(4,5)6)24-43(55)62-34-21-30-20-31(30)22-34)61-41-25-38(39-28-63-42(51-39)19-29(2)3)52-45-36(41)9-10-40(44(45)50)60-18-15-53-13-16-59-17-14-53;1-10-30-22-47(30,45(54)56-9)14-13-31-19-33(23-51(31)44(53)35(46(5,6)7)20-41(52)59-32-17-28-16-29(28)18-32)58-39-21-36(37-25-60-40(49-37)15-26(2)3)50-43-34(39)11-12-38(42(43)48)57-24-27(4)55-8/h9-10,25,28-35,37H,8,11-24,26-27H2,1-7H3;11-12,21,25-33,35H,10,13-20,22-24H2,1-9H3/t30-,31+,32-,33-,34?,35-,37-,49+;27?,28-,29+,30-,31-,32?,33-,35-,47+/m11/s1. The molecule has 672 valence electrons. The molecule has 0 spiro atoms. The Bertz CT molecular complexity index is 4750. The summed E-state index contributed by atoms with van der Waals surface area (Å²) in [6, 6.07) is 11.0. The van der Waals surface area contributed by atoms with Gasteiger partial charge in [0, 0.05) is 98.2 Å². The van der Waals surface area contributed by atoms with E-state index in [4.69, 9.17) is 90.5 Å². The van der Waals surface area contributed by atoms with Gasteiger partial charge < -0.3 is 57.2 Å². The molecule has 2 aromatic carbocycles. The summed E-state index contributed by atoms with van der Waals surface area (Å²) in [5.41, 5.74) is 1.73. The molecule has 2 amide bonds. The monoisotopic (exact) mass is 1770 g/mol. The highest BCUT2D eigenvalue weighted by atomic mass is 35.5. The number of carbonyl (C=O) groups excluding carboxylic acids is 6. The second-order valence-electron chi connectivity index (χ2n) is 39.8. The van der Waals surface area contributed by atoms with Gasteiger partial charge in [0.1, 0.15) is 70.7 Å². The van der Waals surface area contributed by atoms with Crippen molar-refractivity contribution >= 4 is 103 Å². The average molecular weight is 1770 g/mol. The number of hydrogen-bond donors (Lipinski definition) is 0. The maximum atomic E-state index is 15.0. The van der Waals surface area contributed by atoms with Crippen molar-refractivity contribution in [3.63, 3.8) is 0 Å². The molecule has 9 aliphatic rings. The number of rotatable bonds is 36. The third kappa shape index (κ3) is 21.7. The Morgan fingerprint density at radius 1 is 0.545 bits per heavy atom. The number of benzene rings is 2. The molecule has 0 radical (unpaired) electrons. The summed E-state index contributed by atoms with van der Waals surface area (Å²) in [6.45, 7) is 32.3. The topological polar surface area (TPSA) is 256 Å². The maximum absolute atomic E-state index is 15.0. The summed E-state index contributed by atoms with van der Waals surface area (Å²) >= 11 is 17.5. The minimum absolute atomic E-state index is 0.0176. The predicted octanol–water partition coefficient (Wildman–Crippen LogP) is 18.8. The number of nitrogens with zero attached hydrogens (tertiary/aromatic N) is 7. The molecule has 17 atom stereocenters. The van der Waals surface area contributed by atoms with E-state index < -0.39 is 39.6 Å². The van der Waals surface area contributed by atoms with Crippen molar-refractivity contribution < 1.29 is 76.1 Å². The van der Waals surface area contributed by atoms with Crippen molar-refractivity contribution in [3.8, 4) is 45.8 Å². The SMILES string of the molecule is CC[C@@H]1C[C@]1(CC[C@@H]1C[C@@H](Oc2cc(-c3csc(CC(C)C)n3)nc3c(Cl)c(OCC(C)OC)ccc23)CN1C(=O)[C@@H](CC(=O)OC1C[C@@H]2C[C@@H]2C1)C(C)(C)C)C(=O)OC.CC[C@@H]1C[C@]1(CC[C@@H]1C[C@@H](Oc2cc(-c3csc(CC(C)C)n3)nc3c(Cl)c(OCCN4CCOCC4)ccc23)CN1C(=O)[C@@H](CC(=O)OC1C[C@@H]2C[C@@H]2C1)C(C)(C)C)C(=O)OC. The van der Waals surface area contributed by atoms with Crippen molar-refractivity contribution in [1.29, 1.82) is 0 Å². The number of fused-ring (bicyclic) bond motifs is 4. The minimum atomic E-state index is -0.600. The second kappa shape index (κ2) is 38.9. The van der Waals surface area contributed by atoms with Crippen molar-refractivity contribution in [2.45, 2.75) is 261 Å². The van der Waals surface area contributed by atoms with Crippen molar-refractivity contribution in [2.24, 2.45) is 80.8 Å². The van der Waals surface area contributed by atoms with E-state index in [0.29, 0.717) is 161 Å². The highest BCUT2D eigenvalue weighted by Gasteiger charge is 2.61. The normalized spacial score (nSPS) is 27.1. The summed E-state index contributed by atoms with van der Waals surface area (Å²) in [6.07, 6.45) is 13.8. The minimum Gasteiger partial charge on any atom is -0.491 e. The number of carbonyl (C=O) groups is 6. The Morgan fingerprint density at radius 2 is 0.967 bits per heavy atom. The molecule has 3 saturated heterocycles. The van der Waals surface area contributed by atoms with Crippen LogP contribution in [0.4, 0.5) is 0 Å². The Labute approximate surface area is 744 Å². The molecule has 15 rings (SSSR count). The molecule has 3 aliphatic heterocycles. The van der Waals surface area contributed by atoms with Crippen molar-refractivity contribution in [2.75, 3.05) is 80.5 Å². The summed E-state index contributed by atoms with van der Waals surface area (Å²) in [5.74, 6) is 4.05. The number of esters is 4. The van der Waals surface area contributed by atoms with E-state index in [9.17, 15) is 28.8 Å². The van der Waals surface area contributed by atoms with Crippen LogP contribution in [0.15, 0.2) is 47.2 Å². The number of likely N-dealkylation sites (tertiary alicyclic amines) is 2. The lowest BCUT2D eigenvalue weighted by molar-refractivity contribution is -0.156. The highest BCUT2D eigenvalue weighted by molar-refractivity contribution is 7.10. The quantitative estimate of drug-likeness (QED) is 0.0261. The molecule has 6 aliphatic carbocycles.